The standard InChI is InChI=1S/C11H11NO3/c1-2-7-8-5-6(11(14)15)3-4-9(8)12-10(7)13/h3-5,7H,2H2,1H3,(H,12,13)(H,14,15)/t7-/m1/s1. The van der Waals surface area contributed by atoms with Gasteiger partial charge in [-0.15, -0.1) is 0 Å². The molecule has 1 aliphatic rings. The zero-order valence-electron chi connectivity index (χ0n) is 8.28. The van der Waals surface area contributed by atoms with Gasteiger partial charge >= 0.3 is 5.97 Å². The number of hydrogen-bond donors (Lipinski definition) is 2. The highest BCUT2D eigenvalue weighted by atomic mass is 16.4. The van der Waals surface area contributed by atoms with Crippen LogP contribution in [0.15, 0.2) is 18.2 Å². The molecule has 1 aliphatic heterocycles. The fourth-order valence-electron chi connectivity index (χ4n) is 1.86. The third-order valence-corrected chi connectivity index (χ3v) is 2.66. The van der Waals surface area contributed by atoms with Gasteiger partial charge in [-0.1, -0.05) is 6.92 Å². The van der Waals surface area contributed by atoms with E-state index < -0.39 is 5.97 Å². The van der Waals surface area contributed by atoms with Gasteiger partial charge in [0.25, 0.3) is 0 Å². The monoisotopic (exact) mass is 205 g/mol. The van der Waals surface area contributed by atoms with Crippen LogP contribution in [0.3, 0.4) is 0 Å². The second kappa shape index (κ2) is 3.38. The molecule has 1 atom stereocenters. The molecule has 0 saturated heterocycles. The number of nitrogens with one attached hydrogen (secondary N) is 1. The van der Waals surface area contributed by atoms with Crippen molar-refractivity contribution in [1.82, 2.24) is 0 Å². The van der Waals surface area contributed by atoms with Crippen molar-refractivity contribution in [3.8, 4) is 0 Å². The molecule has 0 spiro atoms. The SMILES string of the molecule is CC[C@H]1C(=O)Nc2ccc(C(=O)O)cc21. The number of carboxylic acid groups (broad SMARTS) is 1. The molecule has 1 aromatic carbocycles. The van der Waals surface area contributed by atoms with Crippen molar-refractivity contribution in [3.05, 3.63) is 29.3 Å². The van der Waals surface area contributed by atoms with Gasteiger partial charge in [0.05, 0.1) is 11.5 Å². The molecule has 0 saturated carbocycles. The van der Waals surface area contributed by atoms with Crippen molar-refractivity contribution in [1.29, 1.82) is 0 Å². The van der Waals surface area contributed by atoms with Gasteiger partial charge in [-0.3, -0.25) is 4.79 Å². The van der Waals surface area contributed by atoms with Crippen LogP contribution < -0.4 is 5.32 Å². The van der Waals surface area contributed by atoms with Crippen LogP contribution in [0.4, 0.5) is 5.69 Å². The molecule has 0 fully saturated rings. The Hall–Kier alpha value is -1.84. The third kappa shape index (κ3) is 1.48. The van der Waals surface area contributed by atoms with E-state index in [0.717, 1.165) is 11.3 Å². The number of carboxylic acids is 1. The minimum atomic E-state index is -0.966. The lowest BCUT2D eigenvalue weighted by Crippen LogP contribution is -2.10. The fourth-order valence-corrected chi connectivity index (χ4v) is 1.86. The summed E-state index contributed by atoms with van der Waals surface area (Å²) in [5.41, 5.74) is 1.75. The molecule has 0 bridgehead atoms. The number of benzene rings is 1. The highest BCUT2D eigenvalue weighted by Gasteiger charge is 2.29. The number of hydrogen-bond acceptors (Lipinski definition) is 2. The Kier molecular flexibility index (Phi) is 2.19. The lowest BCUT2D eigenvalue weighted by molar-refractivity contribution is -0.117. The topological polar surface area (TPSA) is 66.4 Å². The lowest BCUT2D eigenvalue weighted by atomic mass is 9.96. The van der Waals surface area contributed by atoms with Gasteiger partial charge in [-0.25, -0.2) is 4.79 Å². The number of rotatable bonds is 2. The highest BCUT2D eigenvalue weighted by Crippen LogP contribution is 2.34. The highest BCUT2D eigenvalue weighted by molar-refractivity contribution is 6.03. The normalized spacial score (nSPS) is 18.5. The Labute approximate surface area is 86.9 Å². The molecule has 15 heavy (non-hydrogen) atoms. The van der Waals surface area contributed by atoms with E-state index in [1.807, 2.05) is 6.92 Å². The zero-order chi connectivity index (χ0) is 11.0. The quantitative estimate of drug-likeness (QED) is 0.774. The summed E-state index contributed by atoms with van der Waals surface area (Å²) < 4.78 is 0. The van der Waals surface area contributed by atoms with Crippen molar-refractivity contribution >= 4 is 17.6 Å². The van der Waals surface area contributed by atoms with Gasteiger partial charge in [0.15, 0.2) is 0 Å². The molecule has 0 aliphatic carbocycles. The van der Waals surface area contributed by atoms with Crippen molar-refractivity contribution in [3.63, 3.8) is 0 Å². The molecular weight excluding hydrogens is 194 g/mol. The lowest BCUT2D eigenvalue weighted by Gasteiger charge is -2.04. The molecule has 0 radical (unpaired) electrons. The van der Waals surface area contributed by atoms with Crippen LogP contribution in [0.25, 0.3) is 0 Å². The third-order valence-electron chi connectivity index (χ3n) is 2.66. The first kappa shape index (κ1) is 9.71. The summed E-state index contributed by atoms with van der Waals surface area (Å²) in [5, 5.41) is 11.6. The molecule has 0 aromatic heterocycles. The predicted octanol–water partition coefficient (Wildman–Crippen LogP) is 1.83. The first-order valence-electron chi connectivity index (χ1n) is 4.81. The van der Waals surface area contributed by atoms with E-state index in [2.05, 4.69) is 5.32 Å². The number of amides is 1. The first-order valence-corrected chi connectivity index (χ1v) is 4.81. The van der Waals surface area contributed by atoms with Gasteiger partial charge in [0.2, 0.25) is 5.91 Å². The molecule has 4 heteroatoms. The Morgan fingerprint density at radius 2 is 2.27 bits per heavy atom. The van der Waals surface area contributed by atoms with Crippen LogP contribution in [0.2, 0.25) is 0 Å². The number of fused-ring (bicyclic) bond motifs is 1. The summed E-state index contributed by atoms with van der Waals surface area (Å²) in [5.74, 6) is -1.22. The van der Waals surface area contributed by atoms with Crippen molar-refractivity contribution in [2.24, 2.45) is 0 Å². The minimum Gasteiger partial charge on any atom is -0.478 e. The molecule has 4 nitrogen and oxygen atoms in total. The second-order valence-electron chi connectivity index (χ2n) is 3.56. The summed E-state index contributed by atoms with van der Waals surface area (Å²) in [7, 11) is 0. The van der Waals surface area contributed by atoms with Crippen LogP contribution in [-0.4, -0.2) is 17.0 Å². The summed E-state index contributed by atoms with van der Waals surface area (Å²) in [6.45, 7) is 1.91. The molecule has 2 N–H and O–H groups in total. The maximum absolute atomic E-state index is 11.5. The van der Waals surface area contributed by atoms with Gasteiger partial charge in [-0.2, -0.15) is 0 Å². The number of aromatic carboxylic acids is 1. The summed E-state index contributed by atoms with van der Waals surface area (Å²) in [6, 6.07) is 4.72. The Morgan fingerprint density at radius 3 is 2.87 bits per heavy atom. The summed E-state index contributed by atoms with van der Waals surface area (Å²) in [6.07, 6.45) is 0.682. The van der Waals surface area contributed by atoms with Crippen LogP contribution in [0, 0.1) is 0 Å². The van der Waals surface area contributed by atoms with Gasteiger partial charge in [0.1, 0.15) is 0 Å². The Bertz CT molecular complexity index is 439. The number of anilines is 1. The average molecular weight is 205 g/mol. The largest absolute Gasteiger partial charge is 0.478 e. The maximum atomic E-state index is 11.5. The van der Waals surface area contributed by atoms with Crippen molar-refractivity contribution in [2.45, 2.75) is 19.3 Å². The molecule has 2 rings (SSSR count). The molecule has 1 amide bonds. The van der Waals surface area contributed by atoms with E-state index in [9.17, 15) is 9.59 Å². The smallest absolute Gasteiger partial charge is 0.335 e. The van der Waals surface area contributed by atoms with E-state index in [1.54, 1.807) is 12.1 Å². The van der Waals surface area contributed by atoms with Crippen LogP contribution in [0.1, 0.15) is 35.2 Å². The first-order chi connectivity index (χ1) is 7.13. The Balaban J connectivity index is 2.49. The van der Waals surface area contributed by atoms with E-state index in [4.69, 9.17) is 5.11 Å². The summed E-state index contributed by atoms with van der Waals surface area (Å²) in [4.78, 5) is 22.3. The molecule has 1 aromatic rings. The van der Waals surface area contributed by atoms with Gasteiger partial charge < -0.3 is 10.4 Å². The Morgan fingerprint density at radius 1 is 1.53 bits per heavy atom. The van der Waals surface area contributed by atoms with E-state index in [0.29, 0.717) is 6.42 Å². The van der Waals surface area contributed by atoms with Crippen LogP contribution in [0.5, 0.6) is 0 Å². The second-order valence-corrected chi connectivity index (χ2v) is 3.56. The molecular formula is C11H11NO3. The molecule has 1 heterocycles. The average Bonchev–Trinajstić information content (AvgIpc) is 2.51. The van der Waals surface area contributed by atoms with Crippen molar-refractivity contribution < 1.29 is 14.7 Å². The zero-order valence-corrected chi connectivity index (χ0v) is 8.28. The number of carbonyl (C=O) groups is 2. The minimum absolute atomic E-state index is 0.0463. The maximum Gasteiger partial charge on any atom is 0.335 e. The van der Waals surface area contributed by atoms with Crippen molar-refractivity contribution in [2.75, 3.05) is 5.32 Å². The van der Waals surface area contributed by atoms with Gasteiger partial charge in [-0.05, 0) is 30.2 Å². The van der Waals surface area contributed by atoms with E-state index in [-0.39, 0.29) is 17.4 Å². The molecule has 78 valence electrons. The van der Waals surface area contributed by atoms with Crippen LogP contribution in [-0.2, 0) is 4.79 Å². The van der Waals surface area contributed by atoms with Gasteiger partial charge in [0, 0.05) is 5.69 Å². The predicted molar refractivity (Wildman–Crippen MR) is 55.1 cm³/mol. The summed E-state index contributed by atoms with van der Waals surface area (Å²) >= 11 is 0. The van der Waals surface area contributed by atoms with E-state index in [1.165, 1.54) is 6.07 Å². The number of carbonyl (C=O) groups excluding carboxylic acids is 1. The molecule has 0 unspecified atom stereocenters. The van der Waals surface area contributed by atoms with E-state index >= 15 is 0 Å². The fraction of sp³-hybridized carbons (Fsp3) is 0.273. The van der Waals surface area contributed by atoms with Crippen LogP contribution >= 0.6 is 0 Å².